The van der Waals surface area contributed by atoms with E-state index >= 15 is 0 Å². The third-order valence-electron chi connectivity index (χ3n) is 12.3. The van der Waals surface area contributed by atoms with Crippen LogP contribution in [0.4, 0.5) is 0 Å². The van der Waals surface area contributed by atoms with Gasteiger partial charge in [0.15, 0.2) is 8.07 Å². The first kappa shape index (κ1) is 35.9. The minimum absolute atomic E-state index is 0.0262. The number of nitrogens with one attached hydrogen (secondary N) is 1. The van der Waals surface area contributed by atoms with Crippen molar-refractivity contribution in [3.63, 3.8) is 0 Å². The fourth-order valence-corrected chi connectivity index (χ4v) is 14.1. The second-order valence-corrected chi connectivity index (χ2v) is 21.7. The molecule has 5 heteroatoms. The summed E-state index contributed by atoms with van der Waals surface area (Å²) in [6, 6.07) is 64.3. The lowest BCUT2D eigenvalue weighted by atomic mass is 9.87. The zero-order chi connectivity index (χ0) is 39.8. The van der Waals surface area contributed by atoms with Crippen LogP contribution in [0.25, 0.3) is 55.1 Å². The number of H-pyrrole nitrogens is 1. The normalized spacial score (nSPS) is 12.7. The largest absolute Gasteiger partial charge is 0.309 e. The molecule has 10 aromatic rings. The maximum atomic E-state index is 4.51. The van der Waals surface area contributed by atoms with Gasteiger partial charge in [-0.15, -0.1) is 0 Å². The first-order valence-electron chi connectivity index (χ1n) is 20.4. The highest BCUT2D eigenvalue weighted by Gasteiger charge is 2.42. The molecule has 58 heavy (non-hydrogen) atoms. The number of benzene rings is 7. The lowest BCUT2D eigenvalue weighted by Gasteiger charge is -2.36. The van der Waals surface area contributed by atoms with Gasteiger partial charge < -0.3 is 4.57 Å². The Morgan fingerprint density at radius 3 is 1.29 bits per heavy atom. The van der Waals surface area contributed by atoms with Crippen LogP contribution in [0, 0.1) is 0 Å². The van der Waals surface area contributed by atoms with Crippen molar-refractivity contribution in [1.29, 1.82) is 0 Å². The summed E-state index contributed by atoms with van der Waals surface area (Å²) < 4.78 is 4.80. The molecule has 3 heterocycles. The van der Waals surface area contributed by atoms with Crippen molar-refractivity contribution in [3.8, 4) is 11.4 Å². The van der Waals surface area contributed by atoms with Crippen molar-refractivity contribution in [2.75, 3.05) is 0 Å². The highest BCUT2D eigenvalue weighted by molar-refractivity contribution is 7.20. The molecule has 0 aliphatic heterocycles. The van der Waals surface area contributed by atoms with Gasteiger partial charge in [0, 0.05) is 32.9 Å². The molecule has 0 aliphatic carbocycles. The van der Waals surface area contributed by atoms with Crippen molar-refractivity contribution >= 4 is 72.6 Å². The van der Waals surface area contributed by atoms with Crippen LogP contribution in [-0.2, 0) is 10.8 Å². The standard InChI is InChI=1S/C53H48N4Si/c1-52(2,3)36-25-29-40(30-26-36)58(41-31-27-37(28-32-41)53(4,5)6,43-18-14-16-39(34-43)57-50-24-12-9-21-46(50)47-35-54-55-51(47)57)42-17-13-15-38(33-42)56-48-22-10-7-19-44(48)45-20-8-11-23-49(45)56/h7-35H,1-6H3,(H,54,55). The SMILES string of the molecule is CC(C)(C)c1ccc([Si](c2ccc(C(C)(C)C)cc2)(c2cccc(-n3c4ccccc4c4ccccc43)c2)c2cccc(-n3c4ccccc4c4cn[nH]c43)c2)cc1. The number of hydrogen-bond acceptors (Lipinski definition) is 1. The van der Waals surface area contributed by atoms with Gasteiger partial charge in [-0.05, 0) is 85.2 Å². The molecular formula is C53H48N4Si. The van der Waals surface area contributed by atoms with Gasteiger partial charge in [-0.1, -0.05) is 169 Å². The van der Waals surface area contributed by atoms with E-state index in [1.54, 1.807) is 0 Å². The molecule has 1 N–H and O–H groups in total. The second kappa shape index (κ2) is 13.3. The molecular weight excluding hydrogens is 721 g/mol. The van der Waals surface area contributed by atoms with Gasteiger partial charge in [-0.25, -0.2) is 0 Å². The summed E-state index contributed by atoms with van der Waals surface area (Å²) in [6.07, 6.45) is 1.95. The van der Waals surface area contributed by atoms with Gasteiger partial charge in [-0.3, -0.25) is 9.67 Å². The Morgan fingerprint density at radius 1 is 0.414 bits per heavy atom. The molecule has 4 nitrogen and oxygen atoms in total. The Bertz CT molecular complexity index is 3020. The van der Waals surface area contributed by atoms with E-state index in [9.17, 15) is 0 Å². The van der Waals surface area contributed by atoms with E-state index < -0.39 is 8.07 Å². The molecule has 0 bridgehead atoms. The monoisotopic (exact) mass is 768 g/mol. The molecule has 10 rings (SSSR count). The summed E-state index contributed by atoms with van der Waals surface area (Å²) in [5, 5.41) is 18.0. The van der Waals surface area contributed by atoms with Crippen molar-refractivity contribution < 1.29 is 0 Å². The minimum atomic E-state index is -3.06. The minimum Gasteiger partial charge on any atom is -0.309 e. The van der Waals surface area contributed by atoms with Gasteiger partial charge in [0.2, 0.25) is 0 Å². The highest BCUT2D eigenvalue weighted by atomic mass is 28.3. The average molecular weight is 769 g/mol. The summed E-state index contributed by atoms with van der Waals surface area (Å²) in [4.78, 5) is 0. The summed E-state index contributed by atoms with van der Waals surface area (Å²) >= 11 is 0. The molecule has 0 radical (unpaired) electrons. The lowest BCUT2D eigenvalue weighted by Crippen LogP contribution is -2.74. The smallest absolute Gasteiger partial charge is 0.179 e. The number of rotatable bonds is 6. The molecule has 0 saturated carbocycles. The van der Waals surface area contributed by atoms with Crippen molar-refractivity contribution in [2.45, 2.75) is 52.4 Å². The predicted molar refractivity (Wildman–Crippen MR) is 248 cm³/mol. The van der Waals surface area contributed by atoms with E-state index in [-0.39, 0.29) is 10.8 Å². The lowest BCUT2D eigenvalue weighted by molar-refractivity contribution is 0.590. The molecule has 0 atom stereocenters. The number of para-hydroxylation sites is 3. The number of hydrogen-bond donors (Lipinski definition) is 1. The molecule has 0 spiro atoms. The van der Waals surface area contributed by atoms with E-state index in [0.29, 0.717) is 0 Å². The summed E-state index contributed by atoms with van der Waals surface area (Å²) in [5.41, 5.74) is 9.57. The first-order chi connectivity index (χ1) is 28.0. The number of fused-ring (bicyclic) bond motifs is 6. The topological polar surface area (TPSA) is 38.5 Å². The van der Waals surface area contributed by atoms with Crippen LogP contribution < -0.4 is 20.7 Å². The van der Waals surface area contributed by atoms with E-state index in [2.05, 4.69) is 231 Å². The van der Waals surface area contributed by atoms with Crippen LogP contribution in [0.1, 0.15) is 52.7 Å². The van der Waals surface area contributed by atoms with E-state index in [4.69, 9.17) is 0 Å². The van der Waals surface area contributed by atoms with Crippen molar-refractivity contribution in [2.24, 2.45) is 0 Å². The van der Waals surface area contributed by atoms with E-state index in [1.807, 2.05) is 6.20 Å². The molecule has 0 fully saturated rings. The zero-order valence-corrected chi connectivity index (χ0v) is 35.1. The Balaban J connectivity index is 1.30. The Morgan fingerprint density at radius 2 is 0.828 bits per heavy atom. The number of aromatic nitrogens is 4. The third-order valence-corrected chi connectivity index (χ3v) is 17.1. The quantitative estimate of drug-likeness (QED) is 0.133. The fraction of sp³-hybridized carbons (Fsp3) is 0.151. The highest BCUT2D eigenvalue weighted by Crippen LogP contribution is 2.33. The maximum absolute atomic E-state index is 4.51. The molecule has 7 aromatic carbocycles. The molecule has 0 amide bonds. The molecule has 0 saturated heterocycles. The number of nitrogens with zero attached hydrogens (tertiary/aromatic N) is 3. The number of aromatic amines is 1. The van der Waals surface area contributed by atoms with E-state index in [0.717, 1.165) is 27.9 Å². The van der Waals surface area contributed by atoms with Gasteiger partial charge in [0.1, 0.15) is 5.65 Å². The van der Waals surface area contributed by atoms with Gasteiger partial charge in [0.25, 0.3) is 0 Å². The van der Waals surface area contributed by atoms with Crippen LogP contribution in [0.5, 0.6) is 0 Å². The molecule has 284 valence electrons. The maximum Gasteiger partial charge on any atom is 0.179 e. The average Bonchev–Trinajstić information content (AvgIpc) is 3.93. The molecule has 0 aliphatic rings. The van der Waals surface area contributed by atoms with Gasteiger partial charge in [-0.2, -0.15) is 5.10 Å². The van der Waals surface area contributed by atoms with Crippen LogP contribution >= 0.6 is 0 Å². The predicted octanol–water partition coefficient (Wildman–Crippen LogP) is 10.6. The van der Waals surface area contributed by atoms with Gasteiger partial charge in [0.05, 0.1) is 22.7 Å². The fourth-order valence-electron chi connectivity index (χ4n) is 9.33. The first-order valence-corrected chi connectivity index (χ1v) is 22.4. The summed E-state index contributed by atoms with van der Waals surface area (Å²) in [7, 11) is -3.06. The summed E-state index contributed by atoms with van der Waals surface area (Å²) in [6.45, 7) is 13.8. The Kier molecular flexibility index (Phi) is 8.26. The van der Waals surface area contributed by atoms with E-state index in [1.165, 1.54) is 59.1 Å². The second-order valence-electron chi connectivity index (χ2n) is 17.9. The summed E-state index contributed by atoms with van der Waals surface area (Å²) in [5.74, 6) is 0. The van der Waals surface area contributed by atoms with Crippen LogP contribution in [0.3, 0.4) is 0 Å². The Hall–Kier alpha value is -6.43. The molecule has 3 aromatic heterocycles. The van der Waals surface area contributed by atoms with Crippen molar-refractivity contribution in [3.05, 3.63) is 187 Å². The van der Waals surface area contributed by atoms with Crippen LogP contribution in [0.15, 0.2) is 176 Å². The third kappa shape index (κ3) is 5.59. The Labute approximate surface area is 341 Å². The molecule has 0 unspecified atom stereocenters. The zero-order valence-electron chi connectivity index (χ0n) is 34.1. The van der Waals surface area contributed by atoms with Crippen LogP contribution in [0.2, 0.25) is 0 Å². The van der Waals surface area contributed by atoms with Gasteiger partial charge >= 0.3 is 0 Å². The van der Waals surface area contributed by atoms with Crippen molar-refractivity contribution in [1.82, 2.24) is 19.3 Å². The van der Waals surface area contributed by atoms with Crippen LogP contribution in [-0.4, -0.2) is 27.4 Å².